The molecule has 4 nitrogen and oxygen atoms in total. The van der Waals surface area contributed by atoms with Crippen molar-refractivity contribution in [2.75, 3.05) is 19.6 Å². The summed E-state index contributed by atoms with van der Waals surface area (Å²) < 4.78 is 38.4. The fourth-order valence-corrected chi connectivity index (χ4v) is 2.67. The molecular weight excluding hydrogens is 309 g/mol. The van der Waals surface area contributed by atoms with Crippen LogP contribution in [0.15, 0.2) is 37.0 Å². The smallest absolute Gasteiger partial charge is 0.385 e. The summed E-state index contributed by atoms with van der Waals surface area (Å²) in [6.45, 7) is 4.16. The van der Waals surface area contributed by atoms with Crippen molar-refractivity contribution in [2.24, 2.45) is 0 Å². The van der Waals surface area contributed by atoms with Gasteiger partial charge in [0, 0.05) is 13.1 Å². The van der Waals surface area contributed by atoms with E-state index in [-0.39, 0.29) is 30.9 Å². The van der Waals surface area contributed by atoms with Gasteiger partial charge < -0.3 is 15.3 Å². The summed E-state index contributed by atoms with van der Waals surface area (Å²) >= 11 is 0. The second kappa shape index (κ2) is 6.62. The lowest BCUT2D eigenvalue weighted by molar-refractivity contribution is -0.137. The molecule has 2 rings (SSSR count). The zero-order valence-corrected chi connectivity index (χ0v) is 12.6. The Hall–Kier alpha value is -2.02. The molecule has 0 radical (unpaired) electrons. The highest BCUT2D eigenvalue weighted by Gasteiger charge is 2.37. The van der Waals surface area contributed by atoms with Gasteiger partial charge in [0.2, 0.25) is 5.91 Å². The maximum absolute atomic E-state index is 12.8. The average molecular weight is 328 g/mol. The fourth-order valence-electron chi connectivity index (χ4n) is 2.67. The van der Waals surface area contributed by atoms with Crippen LogP contribution in [0.25, 0.3) is 0 Å². The van der Waals surface area contributed by atoms with Gasteiger partial charge in [-0.2, -0.15) is 13.2 Å². The molecule has 2 N–H and O–H groups in total. The van der Waals surface area contributed by atoms with Gasteiger partial charge >= 0.3 is 6.18 Å². The SMILES string of the molecule is C=CNCC(=O)N1CCC(O)(c2cccc(C(F)(F)F)c2)CC1. The molecule has 1 aliphatic rings. The number of nitrogens with one attached hydrogen (secondary N) is 1. The molecule has 7 heteroatoms. The standard InChI is InChI=1S/C16H19F3N2O2/c1-2-20-11-14(22)21-8-6-15(23,7-9-21)12-4-3-5-13(10-12)16(17,18)19/h2-5,10,20,23H,1,6-9,11H2. The van der Waals surface area contributed by atoms with Crippen LogP contribution in [-0.2, 0) is 16.6 Å². The first-order valence-corrected chi connectivity index (χ1v) is 7.28. The maximum atomic E-state index is 12.8. The number of carbonyl (C=O) groups excluding carboxylic acids is 1. The molecule has 1 aliphatic heterocycles. The highest BCUT2D eigenvalue weighted by molar-refractivity contribution is 5.78. The van der Waals surface area contributed by atoms with Crippen molar-refractivity contribution < 1.29 is 23.1 Å². The monoisotopic (exact) mass is 328 g/mol. The number of alkyl halides is 3. The summed E-state index contributed by atoms with van der Waals surface area (Å²) in [6, 6.07) is 4.75. The van der Waals surface area contributed by atoms with Gasteiger partial charge in [0.15, 0.2) is 0 Å². The Morgan fingerprint density at radius 3 is 2.61 bits per heavy atom. The Labute approximate surface area is 132 Å². The van der Waals surface area contributed by atoms with Crippen LogP contribution in [0.3, 0.4) is 0 Å². The van der Waals surface area contributed by atoms with Crippen molar-refractivity contribution in [2.45, 2.75) is 24.6 Å². The molecule has 0 spiro atoms. The molecule has 1 fully saturated rings. The normalized spacial score (nSPS) is 17.7. The van der Waals surface area contributed by atoms with Crippen LogP contribution in [0.2, 0.25) is 0 Å². The number of piperidine rings is 1. The summed E-state index contributed by atoms with van der Waals surface area (Å²) in [5.41, 5.74) is -1.88. The lowest BCUT2D eigenvalue weighted by atomic mass is 9.83. The molecule has 0 bridgehead atoms. The Bertz CT molecular complexity index is 579. The Morgan fingerprint density at radius 2 is 2.04 bits per heavy atom. The molecule has 0 unspecified atom stereocenters. The number of carbonyl (C=O) groups is 1. The van der Waals surface area contributed by atoms with Gasteiger partial charge in [0.25, 0.3) is 0 Å². The Morgan fingerprint density at radius 1 is 1.39 bits per heavy atom. The van der Waals surface area contributed by atoms with E-state index in [0.717, 1.165) is 12.1 Å². The van der Waals surface area contributed by atoms with Crippen LogP contribution in [0.5, 0.6) is 0 Å². The van der Waals surface area contributed by atoms with E-state index in [2.05, 4.69) is 11.9 Å². The van der Waals surface area contributed by atoms with Crippen molar-refractivity contribution in [3.63, 3.8) is 0 Å². The number of rotatable bonds is 4. The van der Waals surface area contributed by atoms with Crippen molar-refractivity contribution in [1.82, 2.24) is 10.2 Å². The van der Waals surface area contributed by atoms with Crippen LogP contribution in [-0.4, -0.2) is 35.5 Å². The molecule has 0 aromatic heterocycles. The number of hydrogen-bond acceptors (Lipinski definition) is 3. The van der Waals surface area contributed by atoms with E-state index < -0.39 is 17.3 Å². The molecule has 23 heavy (non-hydrogen) atoms. The van der Waals surface area contributed by atoms with Crippen molar-refractivity contribution in [3.05, 3.63) is 48.2 Å². The highest BCUT2D eigenvalue weighted by atomic mass is 19.4. The highest BCUT2D eigenvalue weighted by Crippen LogP contribution is 2.36. The van der Waals surface area contributed by atoms with Gasteiger partial charge in [0.05, 0.1) is 17.7 Å². The summed E-state index contributed by atoms with van der Waals surface area (Å²) in [6.07, 6.45) is -2.62. The molecule has 1 heterocycles. The third kappa shape index (κ3) is 4.04. The molecule has 1 saturated heterocycles. The summed E-state index contributed by atoms with van der Waals surface area (Å²) in [5, 5.41) is 13.4. The molecular formula is C16H19F3N2O2. The van der Waals surface area contributed by atoms with E-state index in [1.54, 1.807) is 4.90 Å². The Balaban J connectivity index is 2.08. The number of hydrogen-bond donors (Lipinski definition) is 2. The van der Waals surface area contributed by atoms with E-state index >= 15 is 0 Å². The van der Waals surface area contributed by atoms with Crippen molar-refractivity contribution in [1.29, 1.82) is 0 Å². The van der Waals surface area contributed by atoms with Crippen LogP contribution < -0.4 is 5.32 Å². The molecule has 0 saturated carbocycles. The van der Waals surface area contributed by atoms with Gasteiger partial charge in [-0.1, -0.05) is 18.7 Å². The molecule has 1 aromatic carbocycles. The maximum Gasteiger partial charge on any atom is 0.416 e. The molecule has 1 aromatic rings. The van der Waals surface area contributed by atoms with E-state index in [1.807, 2.05) is 0 Å². The minimum Gasteiger partial charge on any atom is -0.385 e. The first kappa shape index (κ1) is 17.3. The predicted molar refractivity (Wildman–Crippen MR) is 79.4 cm³/mol. The first-order valence-electron chi connectivity index (χ1n) is 7.28. The number of benzene rings is 1. The van der Waals surface area contributed by atoms with Gasteiger partial charge in [0.1, 0.15) is 0 Å². The number of likely N-dealkylation sites (tertiary alicyclic amines) is 1. The quantitative estimate of drug-likeness (QED) is 0.891. The fraction of sp³-hybridized carbons (Fsp3) is 0.438. The van der Waals surface area contributed by atoms with Crippen LogP contribution in [0.1, 0.15) is 24.0 Å². The minimum absolute atomic E-state index is 0.117. The largest absolute Gasteiger partial charge is 0.416 e. The third-order valence-corrected chi connectivity index (χ3v) is 4.07. The van der Waals surface area contributed by atoms with Crippen molar-refractivity contribution in [3.8, 4) is 0 Å². The number of aliphatic hydroxyl groups is 1. The van der Waals surface area contributed by atoms with E-state index in [0.29, 0.717) is 13.1 Å². The van der Waals surface area contributed by atoms with E-state index in [1.165, 1.54) is 18.3 Å². The van der Waals surface area contributed by atoms with E-state index in [4.69, 9.17) is 0 Å². The zero-order valence-electron chi connectivity index (χ0n) is 12.6. The number of nitrogens with zero attached hydrogens (tertiary/aromatic N) is 1. The third-order valence-electron chi connectivity index (χ3n) is 4.07. The summed E-state index contributed by atoms with van der Waals surface area (Å²) in [7, 11) is 0. The van der Waals surface area contributed by atoms with Gasteiger partial charge in [-0.3, -0.25) is 4.79 Å². The van der Waals surface area contributed by atoms with Gasteiger partial charge in [-0.15, -0.1) is 0 Å². The minimum atomic E-state index is -4.45. The number of halogens is 3. The Kier molecular flexibility index (Phi) is 4.99. The van der Waals surface area contributed by atoms with Crippen LogP contribution in [0, 0.1) is 0 Å². The van der Waals surface area contributed by atoms with Gasteiger partial charge in [-0.25, -0.2) is 0 Å². The lowest BCUT2D eigenvalue weighted by Gasteiger charge is -2.38. The molecule has 0 atom stereocenters. The first-order chi connectivity index (χ1) is 10.8. The molecule has 126 valence electrons. The second-order valence-corrected chi connectivity index (χ2v) is 5.58. The summed E-state index contributed by atoms with van der Waals surface area (Å²) in [5.74, 6) is -0.129. The van der Waals surface area contributed by atoms with Gasteiger partial charge in [-0.05, 0) is 36.7 Å². The van der Waals surface area contributed by atoms with Crippen LogP contribution >= 0.6 is 0 Å². The average Bonchev–Trinajstić information content (AvgIpc) is 2.52. The topological polar surface area (TPSA) is 52.6 Å². The molecule has 1 amide bonds. The lowest BCUT2D eigenvalue weighted by Crippen LogP contribution is -2.47. The molecule has 0 aliphatic carbocycles. The predicted octanol–water partition coefficient (Wildman–Crippen LogP) is 2.25. The summed E-state index contributed by atoms with van der Waals surface area (Å²) in [4.78, 5) is 13.5. The van der Waals surface area contributed by atoms with Crippen LogP contribution in [0.4, 0.5) is 13.2 Å². The zero-order chi connectivity index (χ0) is 17.1. The van der Waals surface area contributed by atoms with E-state index in [9.17, 15) is 23.1 Å². The number of amides is 1. The van der Waals surface area contributed by atoms with Crippen molar-refractivity contribution >= 4 is 5.91 Å². The second-order valence-electron chi connectivity index (χ2n) is 5.58.